The third-order valence-electron chi connectivity index (χ3n) is 3.54. The van der Waals surface area contributed by atoms with E-state index in [1.54, 1.807) is 7.11 Å². The van der Waals surface area contributed by atoms with Gasteiger partial charge in [0.05, 0.1) is 12.1 Å². The predicted octanol–water partition coefficient (Wildman–Crippen LogP) is 1.63. The highest BCUT2D eigenvalue weighted by atomic mass is 16.5. The highest BCUT2D eigenvalue weighted by Gasteiger charge is 2.21. The van der Waals surface area contributed by atoms with E-state index in [1.807, 2.05) is 30.3 Å². The zero-order valence-corrected chi connectivity index (χ0v) is 11.4. The Morgan fingerprint density at radius 3 is 2.84 bits per heavy atom. The minimum Gasteiger partial charge on any atom is -0.375 e. The van der Waals surface area contributed by atoms with Crippen LogP contribution in [0.2, 0.25) is 0 Å². The van der Waals surface area contributed by atoms with E-state index in [-0.39, 0.29) is 18.1 Å². The first-order valence-corrected chi connectivity index (χ1v) is 6.90. The molecule has 1 aliphatic heterocycles. The van der Waals surface area contributed by atoms with E-state index in [2.05, 4.69) is 10.6 Å². The van der Waals surface area contributed by atoms with Crippen molar-refractivity contribution in [1.82, 2.24) is 10.6 Å². The minimum atomic E-state index is -0.0891. The molecular weight excluding hydrogens is 240 g/mol. The van der Waals surface area contributed by atoms with Crippen LogP contribution in [0.3, 0.4) is 0 Å². The van der Waals surface area contributed by atoms with E-state index < -0.39 is 0 Å². The zero-order valence-electron chi connectivity index (χ0n) is 11.4. The van der Waals surface area contributed by atoms with Gasteiger partial charge >= 0.3 is 0 Å². The maximum atomic E-state index is 12.0. The van der Waals surface area contributed by atoms with Crippen LogP contribution in [0.25, 0.3) is 0 Å². The Kier molecular flexibility index (Phi) is 5.36. The van der Waals surface area contributed by atoms with E-state index in [0.717, 1.165) is 31.4 Å². The van der Waals surface area contributed by atoms with Gasteiger partial charge in [-0.3, -0.25) is 4.79 Å². The average Bonchev–Trinajstić information content (AvgIpc) is 2.49. The lowest BCUT2D eigenvalue weighted by molar-refractivity contribution is -0.124. The molecule has 19 heavy (non-hydrogen) atoms. The monoisotopic (exact) mass is 262 g/mol. The second-order valence-electron chi connectivity index (χ2n) is 4.88. The summed E-state index contributed by atoms with van der Waals surface area (Å²) in [7, 11) is 1.67. The topological polar surface area (TPSA) is 50.4 Å². The van der Waals surface area contributed by atoms with Crippen LogP contribution in [-0.2, 0) is 9.53 Å². The number of benzene rings is 1. The lowest BCUT2D eigenvalue weighted by atomic mass is 10.0. The Morgan fingerprint density at radius 2 is 2.21 bits per heavy atom. The summed E-state index contributed by atoms with van der Waals surface area (Å²) in [6.45, 7) is 1.45. The van der Waals surface area contributed by atoms with Gasteiger partial charge in [-0.15, -0.1) is 0 Å². The Bertz CT molecular complexity index is 388. The second kappa shape index (κ2) is 7.26. The van der Waals surface area contributed by atoms with E-state index >= 15 is 0 Å². The highest BCUT2D eigenvalue weighted by molar-refractivity contribution is 5.81. The van der Waals surface area contributed by atoms with Crippen molar-refractivity contribution in [3.8, 4) is 0 Å². The summed E-state index contributed by atoms with van der Waals surface area (Å²) in [6.07, 6.45) is 3.12. The molecular formula is C15H22N2O2. The molecule has 1 amide bonds. The Morgan fingerprint density at radius 1 is 1.42 bits per heavy atom. The van der Waals surface area contributed by atoms with Crippen molar-refractivity contribution in [3.05, 3.63) is 35.9 Å². The van der Waals surface area contributed by atoms with E-state index in [1.165, 1.54) is 0 Å². The van der Waals surface area contributed by atoms with Gasteiger partial charge in [0.25, 0.3) is 0 Å². The number of piperidine rings is 1. The lowest BCUT2D eigenvalue weighted by Crippen LogP contribution is -2.47. The molecule has 104 valence electrons. The molecule has 1 fully saturated rings. The van der Waals surface area contributed by atoms with Crippen LogP contribution >= 0.6 is 0 Å². The number of ether oxygens (including phenoxy) is 1. The lowest BCUT2D eigenvalue weighted by Gasteiger charge is -2.24. The number of hydrogen-bond acceptors (Lipinski definition) is 3. The fourth-order valence-corrected chi connectivity index (χ4v) is 2.40. The molecule has 0 bridgehead atoms. The Balaban J connectivity index is 1.84. The number of hydrogen-bond donors (Lipinski definition) is 2. The summed E-state index contributed by atoms with van der Waals surface area (Å²) in [4.78, 5) is 12.0. The molecule has 1 aromatic rings. The molecule has 1 aliphatic rings. The molecule has 0 spiro atoms. The van der Waals surface area contributed by atoms with Crippen LogP contribution in [0, 0.1) is 0 Å². The summed E-state index contributed by atoms with van der Waals surface area (Å²) in [6, 6.07) is 9.92. The largest absolute Gasteiger partial charge is 0.375 e. The molecule has 2 rings (SSSR count). The maximum absolute atomic E-state index is 12.0. The van der Waals surface area contributed by atoms with Gasteiger partial charge in [0.1, 0.15) is 0 Å². The summed E-state index contributed by atoms with van der Waals surface area (Å²) in [5.74, 6) is 0.0812. The standard InChI is InChI=1S/C15H22N2O2/c1-19-14(12-7-3-2-4-8-12)11-17-15(18)13-9-5-6-10-16-13/h2-4,7-8,13-14,16H,5-6,9-11H2,1H3,(H,17,18). The fourth-order valence-electron chi connectivity index (χ4n) is 2.40. The SMILES string of the molecule is COC(CNC(=O)C1CCCCN1)c1ccccc1. The normalized spacial score (nSPS) is 20.8. The second-order valence-corrected chi connectivity index (χ2v) is 4.88. The van der Waals surface area contributed by atoms with Crippen LogP contribution in [0.5, 0.6) is 0 Å². The molecule has 2 unspecified atom stereocenters. The van der Waals surface area contributed by atoms with Gasteiger partial charge in [-0.1, -0.05) is 36.8 Å². The zero-order chi connectivity index (χ0) is 13.5. The van der Waals surface area contributed by atoms with Gasteiger partial charge in [-0.2, -0.15) is 0 Å². The van der Waals surface area contributed by atoms with Gasteiger partial charge in [-0.25, -0.2) is 0 Å². The number of carbonyl (C=O) groups is 1. The number of methoxy groups -OCH3 is 1. The molecule has 1 heterocycles. The van der Waals surface area contributed by atoms with Gasteiger partial charge in [0.15, 0.2) is 0 Å². The molecule has 4 nitrogen and oxygen atoms in total. The van der Waals surface area contributed by atoms with Crippen molar-refractivity contribution < 1.29 is 9.53 Å². The Hall–Kier alpha value is -1.39. The first-order valence-electron chi connectivity index (χ1n) is 6.90. The number of nitrogens with one attached hydrogen (secondary N) is 2. The summed E-state index contributed by atoms with van der Waals surface area (Å²) in [5, 5.41) is 6.22. The predicted molar refractivity (Wildman–Crippen MR) is 74.8 cm³/mol. The van der Waals surface area contributed by atoms with Crippen molar-refractivity contribution >= 4 is 5.91 Å². The van der Waals surface area contributed by atoms with Crippen molar-refractivity contribution in [2.75, 3.05) is 20.2 Å². The van der Waals surface area contributed by atoms with Gasteiger partial charge < -0.3 is 15.4 Å². The van der Waals surface area contributed by atoms with Gasteiger partial charge in [-0.05, 0) is 24.9 Å². The number of amides is 1. The quantitative estimate of drug-likeness (QED) is 0.848. The molecule has 0 saturated carbocycles. The van der Waals surface area contributed by atoms with Gasteiger partial charge in [0, 0.05) is 13.7 Å². The van der Waals surface area contributed by atoms with Crippen LogP contribution in [-0.4, -0.2) is 32.1 Å². The first kappa shape index (κ1) is 14.0. The van der Waals surface area contributed by atoms with Crippen molar-refractivity contribution in [2.45, 2.75) is 31.4 Å². The summed E-state index contributed by atoms with van der Waals surface area (Å²) in [5.41, 5.74) is 1.09. The maximum Gasteiger partial charge on any atom is 0.237 e. The van der Waals surface area contributed by atoms with Crippen molar-refractivity contribution in [2.24, 2.45) is 0 Å². The highest BCUT2D eigenvalue weighted by Crippen LogP contribution is 2.15. The van der Waals surface area contributed by atoms with E-state index in [9.17, 15) is 4.79 Å². The molecule has 1 aromatic carbocycles. The Labute approximate surface area is 114 Å². The third kappa shape index (κ3) is 4.04. The number of rotatable bonds is 5. The van der Waals surface area contributed by atoms with Crippen LogP contribution < -0.4 is 10.6 Å². The summed E-state index contributed by atoms with van der Waals surface area (Å²) < 4.78 is 5.44. The fraction of sp³-hybridized carbons (Fsp3) is 0.533. The summed E-state index contributed by atoms with van der Waals surface area (Å²) >= 11 is 0. The average molecular weight is 262 g/mol. The smallest absolute Gasteiger partial charge is 0.237 e. The van der Waals surface area contributed by atoms with Crippen LogP contribution in [0.1, 0.15) is 30.9 Å². The molecule has 0 aliphatic carbocycles. The molecule has 4 heteroatoms. The van der Waals surface area contributed by atoms with E-state index in [0.29, 0.717) is 6.54 Å². The minimum absolute atomic E-state index is 0.0398. The molecule has 2 N–H and O–H groups in total. The van der Waals surface area contributed by atoms with Crippen LogP contribution in [0.4, 0.5) is 0 Å². The van der Waals surface area contributed by atoms with Crippen molar-refractivity contribution in [3.63, 3.8) is 0 Å². The van der Waals surface area contributed by atoms with Crippen LogP contribution in [0.15, 0.2) is 30.3 Å². The molecule has 0 aromatic heterocycles. The molecule has 2 atom stereocenters. The first-order chi connectivity index (χ1) is 9.31. The molecule has 0 radical (unpaired) electrons. The molecule has 1 saturated heterocycles. The number of carbonyl (C=O) groups excluding carboxylic acids is 1. The van der Waals surface area contributed by atoms with E-state index in [4.69, 9.17) is 4.74 Å². The van der Waals surface area contributed by atoms with Gasteiger partial charge in [0.2, 0.25) is 5.91 Å². The third-order valence-corrected chi connectivity index (χ3v) is 3.54. The van der Waals surface area contributed by atoms with Crippen molar-refractivity contribution in [1.29, 1.82) is 0 Å².